The Morgan fingerprint density at radius 2 is 1.77 bits per heavy atom. The molecule has 0 aromatic heterocycles. The fourth-order valence-corrected chi connectivity index (χ4v) is 4.26. The third-order valence-corrected chi connectivity index (χ3v) is 5.94. The van der Waals surface area contributed by atoms with Crippen molar-refractivity contribution >= 4 is 17.9 Å². The van der Waals surface area contributed by atoms with Crippen LogP contribution in [0.5, 0.6) is 0 Å². The molecule has 3 rings (SSSR count). The van der Waals surface area contributed by atoms with E-state index in [9.17, 15) is 14.4 Å². The van der Waals surface area contributed by atoms with E-state index >= 15 is 0 Å². The van der Waals surface area contributed by atoms with Gasteiger partial charge in [0.25, 0.3) is 11.8 Å². The molecule has 1 aliphatic heterocycles. The van der Waals surface area contributed by atoms with Gasteiger partial charge in [0.1, 0.15) is 5.60 Å². The summed E-state index contributed by atoms with van der Waals surface area (Å²) in [6, 6.07) is 6.85. The number of hydrogen-bond donors (Lipinski definition) is 0. The summed E-state index contributed by atoms with van der Waals surface area (Å²) in [4.78, 5) is 41.9. The lowest BCUT2D eigenvalue weighted by Gasteiger charge is -2.36. The first-order chi connectivity index (χ1) is 14.6. The van der Waals surface area contributed by atoms with Gasteiger partial charge >= 0.3 is 6.09 Å². The summed E-state index contributed by atoms with van der Waals surface area (Å²) < 4.78 is 11.5. The van der Waals surface area contributed by atoms with Crippen LogP contribution in [0, 0.1) is 5.92 Å². The van der Waals surface area contributed by atoms with Crippen LogP contribution < -0.4 is 0 Å². The lowest BCUT2D eigenvalue weighted by molar-refractivity contribution is 0.00391. The minimum atomic E-state index is -0.670. The number of fused-ring (bicyclic) bond motifs is 1. The Balaban J connectivity index is 1.83. The van der Waals surface area contributed by atoms with E-state index in [1.165, 1.54) is 4.90 Å². The number of hydrogen-bond acceptors (Lipinski definition) is 5. The molecule has 1 aromatic carbocycles. The van der Waals surface area contributed by atoms with E-state index < -0.39 is 17.2 Å². The largest absolute Gasteiger partial charge is 0.444 e. The Bertz CT molecular complexity index is 812. The monoisotopic (exact) mass is 430 g/mol. The van der Waals surface area contributed by atoms with Crippen LogP contribution in [0.3, 0.4) is 0 Å². The Labute approximate surface area is 184 Å². The number of unbranched alkanes of at least 4 members (excludes halogenated alkanes) is 1. The van der Waals surface area contributed by atoms with E-state index in [1.807, 2.05) is 27.7 Å². The highest BCUT2D eigenvalue weighted by atomic mass is 16.6. The molecule has 1 heterocycles. The van der Waals surface area contributed by atoms with Crippen molar-refractivity contribution < 1.29 is 23.9 Å². The van der Waals surface area contributed by atoms with E-state index in [-0.39, 0.29) is 24.3 Å². The molecule has 3 amide bonds. The topological polar surface area (TPSA) is 76.2 Å². The van der Waals surface area contributed by atoms with Gasteiger partial charge in [0.05, 0.1) is 29.8 Å². The fourth-order valence-electron chi connectivity index (χ4n) is 4.26. The first-order valence-corrected chi connectivity index (χ1v) is 11.2. The maximum atomic E-state index is 13.0. The Morgan fingerprint density at radius 3 is 2.29 bits per heavy atom. The highest BCUT2D eigenvalue weighted by Gasteiger charge is 2.62. The third-order valence-electron chi connectivity index (χ3n) is 5.94. The number of nitrogens with zero attached hydrogens (tertiary/aromatic N) is 2. The minimum absolute atomic E-state index is 0.0427. The van der Waals surface area contributed by atoms with Crippen LogP contribution >= 0.6 is 0 Å². The molecule has 1 fully saturated rings. The van der Waals surface area contributed by atoms with Gasteiger partial charge in [-0.25, -0.2) is 4.79 Å². The van der Waals surface area contributed by atoms with Crippen molar-refractivity contribution in [2.24, 2.45) is 5.92 Å². The van der Waals surface area contributed by atoms with Gasteiger partial charge in [-0.3, -0.25) is 14.5 Å². The predicted molar refractivity (Wildman–Crippen MR) is 117 cm³/mol. The van der Waals surface area contributed by atoms with E-state index in [4.69, 9.17) is 9.47 Å². The number of imide groups is 1. The van der Waals surface area contributed by atoms with Gasteiger partial charge in [0.2, 0.25) is 0 Å². The van der Waals surface area contributed by atoms with Crippen molar-refractivity contribution in [3.63, 3.8) is 0 Å². The molecule has 0 N–H and O–H groups in total. The molecule has 0 saturated heterocycles. The van der Waals surface area contributed by atoms with Crippen LogP contribution in [-0.4, -0.2) is 65.2 Å². The number of amides is 3. The summed E-state index contributed by atoms with van der Waals surface area (Å²) in [5.74, 6) is -0.573. The lowest BCUT2D eigenvalue weighted by Crippen LogP contribution is -2.53. The number of carbonyl (C=O) groups excluding carboxylic acids is 3. The molecule has 0 bridgehead atoms. The Kier molecular flexibility index (Phi) is 6.74. The first kappa shape index (κ1) is 23.3. The molecule has 2 atom stereocenters. The van der Waals surface area contributed by atoms with Gasteiger partial charge in [-0.1, -0.05) is 25.5 Å². The molecular formula is C24H34N2O5. The molecule has 0 spiro atoms. The maximum Gasteiger partial charge on any atom is 0.410 e. The number of likely N-dealkylation sites (N-methyl/N-ethyl adjacent to an activating group) is 1. The second-order valence-corrected chi connectivity index (χ2v) is 9.40. The SMILES string of the molecule is CCCCOC[C@@H]1C[C@@]1(CN1C(=O)c2ccccc2C1=O)N(CC)C(=O)OC(C)(C)C. The van der Waals surface area contributed by atoms with Gasteiger partial charge < -0.3 is 14.4 Å². The second kappa shape index (κ2) is 8.99. The van der Waals surface area contributed by atoms with Crippen LogP contribution in [0.1, 0.15) is 74.6 Å². The summed E-state index contributed by atoms with van der Waals surface area (Å²) in [6.07, 6.45) is 2.26. The molecule has 170 valence electrons. The highest BCUT2D eigenvalue weighted by molar-refractivity contribution is 6.21. The molecule has 7 heteroatoms. The van der Waals surface area contributed by atoms with Crippen LogP contribution in [0.15, 0.2) is 24.3 Å². The summed E-state index contributed by atoms with van der Waals surface area (Å²) in [6.45, 7) is 11.2. The third kappa shape index (κ3) is 4.76. The van der Waals surface area contributed by atoms with Crippen molar-refractivity contribution in [3.8, 4) is 0 Å². The van der Waals surface area contributed by atoms with Crippen molar-refractivity contribution in [2.75, 3.05) is 26.3 Å². The van der Waals surface area contributed by atoms with Crippen molar-refractivity contribution in [1.29, 1.82) is 0 Å². The first-order valence-electron chi connectivity index (χ1n) is 11.2. The quantitative estimate of drug-likeness (QED) is 0.435. The molecule has 7 nitrogen and oxygen atoms in total. The van der Waals surface area contributed by atoms with E-state index in [1.54, 1.807) is 29.2 Å². The van der Waals surface area contributed by atoms with Crippen LogP contribution in [0.2, 0.25) is 0 Å². The average molecular weight is 431 g/mol. The molecule has 1 saturated carbocycles. The van der Waals surface area contributed by atoms with Crippen LogP contribution in [0.4, 0.5) is 4.79 Å². The smallest absolute Gasteiger partial charge is 0.410 e. The number of benzene rings is 1. The normalized spacial score (nSPS) is 22.5. The van der Waals surface area contributed by atoms with Crippen molar-refractivity contribution in [3.05, 3.63) is 35.4 Å². The van der Waals surface area contributed by atoms with Gasteiger partial charge in [0, 0.05) is 19.1 Å². The van der Waals surface area contributed by atoms with Crippen molar-refractivity contribution in [2.45, 2.75) is 65.0 Å². The molecule has 1 aliphatic carbocycles. The minimum Gasteiger partial charge on any atom is -0.444 e. The zero-order chi connectivity index (χ0) is 22.8. The molecule has 1 aromatic rings. The van der Waals surface area contributed by atoms with E-state index in [0.29, 0.717) is 37.3 Å². The van der Waals surface area contributed by atoms with Crippen molar-refractivity contribution in [1.82, 2.24) is 9.80 Å². The molecule has 0 unspecified atom stereocenters. The number of ether oxygens (including phenoxy) is 2. The standard InChI is InChI=1S/C24H34N2O5/c1-6-8-13-30-15-17-14-24(17,26(7-2)22(29)31-23(3,4)5)16-25-20(27)18-11-9-10-12-19(18)21(25)28/h9-12,17H,6-8,13-16H2,1-5H3/t17-,24-/m0/s1. The zero-order valence-corrected chi connectivity index (χ0v) is 19.3. The fraction of sp³-hybridized carbons (Fsp3) is 0.625. The lowest BCUT2D eigenvalue weighted by atomic mass is 10.1. The predicted octanol–water partition coefficient (Wildman–Crippen LogP) is 4.12. The van der Waals surface area contributed by atoms with Gasteiger partial charge in [0.15, 0.2) is 0 Å². The van der Waals surface area contributed by atoms with E-state index in [2.05, 4.69) is 6.92 Å². The molecular weight excluding hydrogens is 396 g/mol. The van der Waals surface area contributed by atoms with E-state index in [0.717, 1.165) is 12.8 Å². The molecule has 2 aliphatic rings. The summed E-state index contributed by atoms with van der Waals surface area (Å²) in [5, 5.41) is 0. The summed E-state index contributed by atoms with van der Waals surface area (Å²) in [5.41, 5.74) is -0.474. The summed E-state index contributed by atoms with van der Waals surface area (Å²) >= 11 is 0. The Hall–Kier alpha value is -2.41. The van der Waals surface area contributed by atoms with Crippen LogP contribution in [-0.2, 0) is 9.47 Å². The van der Waals surface area contributed by atoms with Gasteiger partial charge in [-0.05, 0) is 52.7 Å². The second-order valence-electron chi connectivity index (χ2n) is 9.40. The van der Waals surface area contributed by atoms with Gasteiger partial charge in [-0.15, -0.1) is 0 Å². The van der Waals surface area contributed by atoms with Crippen LogP contribution in [0.25, 0.3) is 0 Å². The maximum absolute atomic E-state index is 13.0. The average Bonchev–Trinajstić information content (AvgIpc) is 3.34. The summed E-state index contributed by atoms with van der Waals surface area (Å²) in [7, 11) is 0. The Morgan fingerprint density at radius 1 is 1.16 bits per heavy atom. The molecule has 31 heavy (non-hydrogen) atoms. The number of carbonyl (C=O) groups is 3. The number of rotatable bonds is 9. The molecule has 0 radical (unpaired) electrons. The van der Waals surface area contributed by atoms with Gasteiger partial charge in [-0.2, -0.15) is 0 Å². The highest BCUT2D eigenvalue weighted by Crippen LogP contribution is 2.50. The zero-order valence-electron chi connectivity index (χ0n) is 19.3.